The standard InChI is InChI=1S/C25H29ClFN5O4/c1-25(2,3)36-24(33)31-16-12-32(13-16)7-8-35-22-10-17-20(11-21(22)34-4)28-14-29-23(17)30-15-5-6-19(27)18(26)9-15/h5-6,9-11,14,16H,7-8,12-13H2,1-4H3,(H,31,33)(H,28,29,30). The van der Waals surface area contributed by atoms with E-state index in [4.69, 9.17) is 25.8 Å². The predicted octanol–water partition coefficient (Wildman–Crippen LogP) is 4.76. The van der Waals surface area contributed by atoms with Crippen molar-refractivity contribution < 1.29 is 23.4 Å². The van der Waals surface area contributed by atoms with E-state index in [0.29, 0.717) is 47.1 Å². The number of nitrogens with one attached hydrogen (secondary N) is 2. The molecule has 1 aromatic heterocycles. The smallest absolute Gasteiger partial charge is 0.407 e. The van der Waals surface area contributed by atoms with Crippen LogP contribution in [-0.2, 0) is 4.74 Å². The van der Waals surface area contributed by atoms with E-state index >= 15 is 0 Å². The summed E-state index contributed by atoms with van der Waals surface area (Å²) in [6.07, 6.45) is 1.03. The van der Waals surface area contributed by atoms with Crippen molar-refractivity contribution in [1.29, 1.82) is 0 Å². The highest BCUT2D eigenvalue weighted by Gasteiger charge is 2.29. The molecule has 0 aliphatic carbocycles. The molecule has 3 aromatic rings. The second kappa shape index (κ2) is 10.7. The summed E-state index contributed by atoms with van der Waals surface area (Å²) < 4.78 is 30.3. The Morgan fingerprint density at radius 3 is 2.67 bits per heavy atom. The van der Waals surface area contributed by atoms with Crippen LogP contribution in [0.4, 0.5) is 20.7 Å². The normalized spacial score (nSPS) is 14.3. The van der Waals surface area contributed by atoms with Crippen molar-refractivity contribution in [2.75, 3.05) is 38.7 Å². The largest absolute Gasteiger partial charge is 0.493 e. The zero-order valence-corrected chi connectivity index (χ0v) is 21.4. The number of alkyl carbamates (subject to hydrolysis) is 1. The van der Waals surface area contributed by atoms with Crippen LogP contribution in [0, 0.1) is 5.82 Å². The third-order valence-corrected chi connectivity index (χ3v) is 5.74. The third-order valence-electron chi connectivity index (χ3n) is 5.45. The molecule has 0 atom stereocenters. The molecular weight excluding hydrogens is 489 g/mol. The molecule has 0 unspecified atom stereocenters. The van der Waals surface area contributed by atoms with Crippen molar-refractivity contribution in [2.24, 2.45) is 0 Å². The van der Waals surface area contributed by atoms with Crippen LogP contribution in [0.25, 0.3) is 10.9 Å². The van der Waals surface area contributed by atoms with E-state index in [1.54, 1.807) is 19.2 Å². The van der Waals surface area contributed by atoms with Crippen LogP contribution in [0.15, 0.2) is 36.7 Å². The van der Waals surface area contributed by atoms with Gasteiger partial charge in [0, 0.05) is 36.8 Å². The van der Waals surface area contributed by atoms with Gasteiger partial charge >= 0.3 is 6.09 Å². The minimum Gasteiger partial charge on any atom is -0.493 e. The maximum atomic E-state index is 13.5. The molecule has 0 bridgehead atoms. The van der Waals surface area contributed by atoms with Gasteiger partial charge in [-0.05, 0) is 45.0 Å². The number of hydrogen-bond donors (Lipinski definition) is 2. The number of ether oxygens (including phenoxy) is 3. The molecule has 1 saturated heterocycles. The first-order valence-electron chi connectivity index (χ1n) is 11.5. The molecule has 4 rings (SSSR count). The number of amides is 1. The minimum atomic E-state index is -0.521. The molecule has 2 aromatic carbocycles. The number of methoxy groups -OCH3 is 1. The fraction of sp³-hybridized carbons (Fsp3) is 0.400. The maximum Gasteiger partial charge on any atom is 0.407 e. The summed E-state index contributed by atoms with van der Waals surface area (Å²) >= 11 is 5.91. The number of anilines is 2. The Morgan fingerprint density at radius 2 is 1.97 bits per heavy atom. The molecule has 36 heavy (non-hydrogen) atoms. The highest BCUT2D eigenvalue weighted by molar-refractivity contribution is 6.31. The van der Waals surface area contributed by atoms with Crippen molar-refractivity contribution in [3.8, 4) is 11.5 Å². The van der Waals surface area contributed by atoms with E-state index in [-0.39, 0.29) is 11.1 Å². The molecule has 2 heterocycles. The molecule has 0 radical (unpaired) electrons. The number of nitrogens with zero attached hydrogens (tertiary/aromatic N) is 3. The van der Waals surface area contributed by atoms with E-state index in [0.717, 1.165) is 13.1 Å². The Balaban J connectivity index is 1.37. The number of fused-ring (bicyclic) bond motifs is 1. The van der Waals surface area contributed by atoms with Crippen LogP contribution in [0.3, 0.4) is 0 Å². The van der Waals surface area contributed by atoms with Crippen molar-refractivity contribution in [3.05, 3.63) is 47.5 Å². The molecule has 0 spiro atoms. The van der Waals surface area contributed by atoms with Gasteiger partial charge in [0.15, 0.2) is 11.5 Å². The Bertz CT molecular complexity index is 1250. The number of halogens is 2. The molecule has 192 valence electrons. The van der Waals surface area contributed by atoms with Crippen LogP contribution in [0.5, 0.6) is 11.5 Å². The molecule has 1 aliphatic rings. The van der Waals surface area contributed by atoms with Crippen molar-refractivity contribution in [1.82, 2.24) is 20.2 Å². The molecule has 9 nitrogen and oxygen atoms in total. The second-order valence-corrected chi connectivity index (χ2v) is 9.85. The molecule has 1 fully saturated rings. The van der Waals surface area contributed by atoms with Crippen LogP contribution < -0.4 is 20.1 Å². The maximum absolute atomic E-state index is 13.5. The number of hydrogen-bond acceptors (Lipinski definition) is 8. The van der Waals surface area contributed by atoms with Gasteiger partial charge in [0.25, 0.3) is 0 Å². The lowest BCUT2D eigenvalue weighted by Gasteiger charge is -2.39. The number of carbonyl (C=O) groups excluding carboxylic acids is 1. The summed E-state index contributed by atoms with van der Waals surface area (Å²) in [5.74, 6) is 1.12. The first-order valence-corrected chi connectivity index (χ1v) is 11.9. The summed E-state index contributed by atoms with van der Waals surface area (Å²) in [5, 5.41) is 6.74. The summed E-state index contributed by atoms with van der Waals surface area (Å²) in [6, 6.07) is 8.00. The number of benzene rings is 2. The summed E-state index contributed by atoms with van der Waals surface area (Å²) in [7, 11) is 1.57. The van der Waals surface area contributed by atoms with Gasteiger partial charge in [-0.2, -0.15) is 0 Å². The highest BCUT2D eigenvalue weighted by Crippen LogP contribution is 2.35. The van der Waals surface area contributed by atoms with E-state index in [2.05, 4.69) is 25.5 Å². The Hall–Kier alpha value is -3.37. The van der Waals surface area contributed by atoms with Crippen molar-refractivity contribution >= 4 is 40.1 Å². The number of likely N-dealkylation sites (tertiary alicyclic amines) is 1. The molecular formula is C25H29ClFN5O4. The number of carbonyl (C=O) groups is 1. The quantitative estimate of drug-likeness (QED) is 0.441. The monoisotopic (exact) mass is 517 g/mol. The SMILES string of the molecule is COc1cc2ncnc(Nc3ccc(F)c(Cl)c3)c2cc1OCCN1CC(NC(=O)OC(C)(C)C)C1. The molecule has 11 heteroatoms. The van der Waals surface area contributed by atoms with E-state index in [1.807, 2.05) is 26.8 Å². The van der Waals surface area contributed by atoms with Gasteiger partial charge in [-0.15, -0.1) is 0 Å². The molecule has 1 amide bonds. The predicted molar refractivity (Wildman–Crippen MR) is 136 cm³/mol. The lowest BCUT2D eigenvalue weighted by molar-refractivity contribution is 0.0386. The van der Waals surface area contributed by atoms with Crippen LogP contribution >= 0.6 is 11.6 Å². The van der Waals surface area contributed by atoms with Gasteiger partial charge in [-0.1, -0.05) is 11.6 Å². The Labute approximate surface area is 213 Å². The van der Waals surface area contributed by atoms with Crippen LogP contribution in [0.2, 0.25) is 5.02 Å². The zero-order chi connectivity index (χ0) is 25.9. The average Bonchev–Trinajstić information content (AvgIpc) is 2.78. The lowest BCUT2D eigenvalue weighted by atomic mass is 10.1. The summed E-state index contributed by atoms with van der Waals surface area (Å²) in [6.45, 7) is 8.05. The van der Waals surface area contributed by atoms with Gasteiger partial charge in [-0.3, -0.25) is 4.90 Å². The average molecular weight is 518 g/mol. The zero-order valence-electron chi connectivity index (χ0n) is 20.6. The molecule has 2 N–H and O–H groups in total. The second-order valence-electron chi connectivity index (χ2n) is 9.45. The van der Waals surface area contributed by atoms with Crippen molar-refractivity contribution in [2.45, 2.75) is 32.4 Å². The first-order chi connectivity index (χ1) is 17.1. The minimum absolute atomic E-state index is 0.0126. The van der Waals surface area contributed by atoms with Gasteiger partial charge in [0.05, 0.1) is 23.7 Å². The van der Waals surface area contributed by atoms with Crippen LogP contribution in [0.1, 0.15) is 20.8 Å². The third kappa shape index (κ3) is 6.44. The first kappa shape index (κ1) is 25.7. The fourth-order valence-corrected chi connectivity index (χ4v) is 3.93. The summed E-state index contributed by atoms with van der Waals surface area (Å²) in [5.41, 5.74) is 0.725. The van der Waals surface area contributed by atoms with Gasteiger partial charge in [0.1, 0.15) is 30.2 Å². The number of aromatic nitrogens is 2. The van der Waals surface area contributed by atoms with E-state index in [9.17, 15) is 9.18 Å². The Morgan fingerprint density at radius 1 is 1.19 bits per heavy atom. The van der Waals surface area contributed by atoms with Crippen LogP contribution in [-0.4, -0.2) is 66.0 Å². The van der Waals surface area contributed by atoms with Crippen molar-refractivity contribution in [3.63, 3.8) is 0 Å². The highest BCUT2D eigenvalue weighted by atomic mass is 35.5. The van der Waals surface area contributed by atoms with E-state index < -0.39 is 17.5 Å². The Kier molecular flexibility index (Phi) is 7.65. The topological polar surface area (TPSA) is 97.8 Å². The lowest BCUT2D eigenvalue weighted by Crippen LogP contribution is -2.60. The van der Waals surface area contributed by atoms with Gasteiger partial charge in [-0.25, -0.2) is 19.2 Å². The van der Waals surface area contributed by atoms with Gasteiger partial charge < -0.3 is 24.8 Å². The molecule has 1 aliphatic heterocycles. The summed E-state index contributed by atoms with van der Waals surface area (Å²) in [4.78, 5) is 22.7. The van der Waals surface area contributed by atoms with Gasteiger partial charge in [0.2, 0.25) is 0 Å². The molecule has 0 saturated carbocycles. The number of rotatable bonds is 8. The van der Waals surface area contributed by atoms with E-state index in [1.165, 1.54) is 18.5 Å². The fourth-order valence-electron chi connectivity index (χ4n) is 3.75.